The standard InChI is InChI=1S/C8H6BrN3O2S/c9-5-1-6(15-4-5)2-10-12-3-7(13)11-8(12)14/h1-2,4H,3H2,(H,11,13,14)/b10-2+. The molecule has 0 saturated carbocycles. The zero-order valence-corrected chi connectivity index (χ0v) is 9.84. The van der Waals surface area contributed by atoms with Crippen LogP contribution in [0, 0.1) is 0 Å². The molecule has 0 atom stereocenters. The van der Waals surface area contributed by atoms with Gasteiger partial charge in [-0.1, -0.05) is 0 Å². The molecule has 0 radical (unpaired) electrons. The highest BCUT2D eigenvalue weighted by Gasteiger charge is 2.25. The number of hydrogen-bond acceptors (Lipinski definition) is 4. The predicted octanol–water partition coefficient (Wildman–Crippen LogP) is 1.40. The van der Waals surface area contributed by atoms with E-state index in [4.69, 9.17) is 0 Å². The van der Waals surface area contributed by atoms with Crippen molar-refractivity contribution in [3.63, 3.8) is 0 Å². The molecule has 0 bridgehead atoms. The summed E-state index contributed by atoms with van der Waals surface area (Å²) in [7, 11) is 0. The number of hydrogen-bond donors (Lipinski definition) is 1. The topological polar surface area (TPSA) is 61.8 Å². The van der Waals surface area contributed by atoms with Gasteiger partial charge in [0.1, 0.15) is 6.54 Å². The highest BCUT2D eigenvalue weighted by molar-refractivity contribution is 9.10. The minimum atomic E-state index is -0.480. The molecule has 15 heavy (non-hydrogen) atoms. The molecule has 0 aromatic carbocycles. The van der Waals surface area contributed by atoms with E-state index in [9.17, 15) is 9.59 Å². The number of halogens is 1. The van der Waals surface area contributed by atoms with Gasteiger partial charge in [-0.05, 0) is 22.0 Å². The second-order valence-electron chi connectivity index (χ2n) is 2.82. The lowest BCUT2D eigenvalue weighted by atomic mass is 10.5. The van der Waals surface area contributed by atoms with Crippen LogP contribution in [0.2, 0.25) is 0 Å². The van der Waals surface area contributed by atoms with Crippen molar-refractivity contribution in [2.24, 2.45) is 5.10 Å². The molecule has 0 spiro atoms. The summed E-state index contributed by atoms with van der Waals surface area (Å²) in [6, 6.07) is 1.40. The van der Waals surface area contributed by atoms with Crippen molar-refractivity contribution in [2.75, 3.05) is 6.54 Å². The molecule has 2 rings (SSSR count). The first-order valence-electron chi connectivity index (χ1n) is 4.04. The summed E-state index contributed by atoms with van der Waals surface area (Å²) < 4.78 is 0.968. The monoisotopic (exact) mass is 287 g/mol. The third-order valence-corrected chi connectivity index (χ3v) is 3.31. The predicted molar refractivity (Wildman–Crippen MR) is 59.9 cm³/mol. The summed E-state index contributed by atoms with van der Waals surface area (Å²) in [4.78, 5) is 22.8. The SMILES string of the molecule is O=C1CN(/N=C/c2cc(Br)cs2)C(=O)N1. The van der Waals surface area contributed by atoms with E-state index >= 15 is 0 Å². The Kier molecular flexibility index (Phi) is 2.83. The molecule has 1 aliphatic rings. The second kappa shape index (κ2) is 4.11. The van der Waals surface area contributed by atoms with Crippen LogP contribution in [0.25, 0.3) is 0 Å². The fourth-order valence-electron chi connectivity index (χ4n) is 1.05. The Balaban J connectivity index is 2.06. The van der Waals surface area contributed by atoms with Crippen LogP contribution in [0.5, 0.6) is 0 Å². The van der Waals surface area contributed by atoms with E-state index in [1.165, 1.54) is 11.3 Å². The number of rotatable bonds is 2. The van der Waals surface area contributed by atoms with Crippen molar-refractivity contribution in [1.29, 1.82) is 0 Å². The van der Waals surface area contributed by atoms with Crippen molar-refractivity contribution in [1.82, 2.24) is 10.3 Å². The maximum absolute atomic E-state index is 11.1. The molecule has 7 heteroatoms. The Hall–Kier alpha value is -1.21. The van der Waals surface area contributed by atoms with Gasteiger partial charge in [-0.3, -0.25) is 10.1 Å². The largest absolute Gasteiger partial charge is 0.344 e. The number of carbonyl (C=O) groups is 2. The molecule has 5 nitrogen and oxygen atoms in total. The summed E-state index contributed by atoms with van der Waals surface area (Å²) in [5, 5.41) is 9.05. The van der Waals surface area contributed by atoms with E-state index in [0.29, 0.717) is 0 Å². The minimum absolute atomic E-state index is 0.0120. The zero-order valence-electron chi connectivity index (χ0n) is 7.44. The molecule has 0 unspecified atom stereocenters. The number of carbonyl (C=O) groups excluding carboxylic acids is 2. The fourth-order valence-corrected chi connectivity index (χ4v) is 2.35. The van der Waals surface area contributed by atoms with Gasteiger partial charge in [-0.2, -0.15) is 5.10 Å². The van der Waals surface area contributed by atoms with E-state index in [0.717, 1.165) is 14.4 Å². The first-order valence-corrected chi connectivity index (χ1v) is 5.72. The number of imide groups is 1. The first kappa shape index (κ1) is 10.3. The molecule has 78 valence electrons. The summed E-state index contributed by atoms with van der Waals surface area (Å²) in [6.45, 7) is -0.0120. The molecule has 1 aromatic heterocycles. The molecule has 1 saturated heterocycles. The summed E-state index contributed by atoms with van der Waals surface area (Å²) in [6.07, 6.45) is 1.55. The van der Waals surface area contributed by atoms with Gasteiger partial charge in [-0.25, -0.2) is 9.80 Å². The number of thiophene rings is 1. The van der Waals surface area contributed by atoms with Crippen LogP contribution in [0.3, 0.4) is 0 Å². The van der Waals surface area contributed by atoms with Crippen molar-refractivity contribution in [2.45, 2.75) is 0 Å². The normalized spacial score (nSPS) is 16.5. The average molecular weight is 288 g/mol. The Morgan fingerprint density at radius 1 is 1.60 bits per heavy atom. The zero-order chi connectivity index (χ0) is 10.8. The van der Waals surface area contributed by atoms with Gasteiger partial charge in [0.25, 0.3) is 0 Å². The van der Waals surface area contributed by atoms with Gasteiger partial charge < -0.3 is 0 Å². The van der Waals surface area contributed by atoms with Crippen molar-refractivity contribution >= 4 is 45.4 Å². The van der Waals surface area contributed by atoms with Gasteiger partial charge in [0.2, 0.25) is 5.91 Å². The maximum atomic E-state index is 11.1. The van der Waals surface area contributed by atoms with E-state index in [1.54, 1.807) is 6.21 Å². The van der Waals surface area contributed by atoms with Crippen LogP contribution in [-0.4, -0.2) is 29.7 Å². The molecule has 1 N–H and O–H groups in total. The molecule has 0 aliphatic carbocycles. The third kappa shape index (κ3) is 2.42. The van der Waals surface area contributed by atoms with Gasteiger partial charge in [0.05, 0.1) is 6.21 Å². The van der Waals surface area contributed by atoms with Crippen LogP contribution in [0.4, 0.5) is 4.79 Å². The van der Waals surface area contributed by atoms with E-state index in [1.807, 2.05) is 11.4 Å². The van der Waals surface area contributed by atoms with Gasteiger partial charge >= 0.3 is 6.03 Å². The van der Waals surface area contributed by atoms with Crippen molar-refractivity contribution in [3.8, 4) is 0 Å². The van der Waals surface area contributed by atoms with Crippen LogP contribution < -0.4 is 5.32 Å². The van der Waals surface area contributed by atoms with Crippen LogP contribution >= 0.6 is 27.3 Å². The van der Waals surface area contributed by atoms with E-state index < -0.39 is 6.03 Å². The number of nitrogens with zero attached hydrogens (tertiary/aromatic N) is 2. The maximum Gasteiger partial charge on any atom is 0.344 e. The van der Waals surface area contributed by atoms with E-state index in [2.05, 4.69) is 26.3 Å². The summed E-state index contributed by atoms with van der Waals surface area (Å²) in [5.41, 5.74) is 0. The van der Waals surface area contributed by atoms with Crippen LogP contribution in [-0.2, 0) is 4.79 Å². The molecule has 1 aliphatic heterocycles. The Morgan fingerprint density at radius 3 is 2.93 bits per heavy atom. The van der Waals surface area contributed by atoms with Crippen molar-refractivity contribution in [3.05, 3.63) is 20.8 Å². The van der Waals surface area contributed by atoms with Gasteiger partial charge in [-0.15, -0.1) is 11.3 Å². The van der Waals surface area contributed by atoms with Gasteiger partial charge in [0.15, 0.2) is 0 Å². The smallest absolute Gasteiger partial charge is 0.275 e. The summed E-state index contributed by atoms with van der Waals surface area (Å²) >= 11 is 4.80. The number of urea groups is 1. The molecule has 1 aromatic rings. The average Bonchev–Trinajstić information content (AvgIpc) is 2.70. The Bertz CT molecular complexity index is 443. The number of amides is 3. The van der Waals surface area contributed by atoms with E-state index in [-0.39, 0.29) is 12.5 Å². The third-order valence-electron chi connectivity index (χ3n) is 1.69. The molecule has 3 amide bonds. The molecule has 1 fully saturated rings. The quantitative estimate of drug-likeness (QED) is 0.660. The molecular weight excluding hydrogens is 282 g/mol. The fraction of sp³-hybridized carbons (Fsp3) is 0.125. The highest BCUT2D eigenvalue weighted by atomic mass is 79.9. The number of hydrazone groups is 1. The Morgan fingerprint density at radius 2 is 2.40 bits per heavy atom. The Labute approximate surface area is 97.9 Å². The molecular formula is C8H6BrN3O2S. The van der Waals surface area contributed by atoms with Gasteiger partial charge in [0, 0.05) is 14.7 Å². The van der Waals surface area contributed by atoms with Crippen LogP contribution in [0.15, 0.2) is 21.0 Å². The lowest BCUT2D eigenvalue weighted by molar-refractivity contribution is -0.118. The van der Waals surface area contributed by atoms with Crippen molar-refractivity contribution < 1.29 is 9.59 Å². The minimum Gasteiger partial charge on any atom is -0.275 e. The number of nitrogens with one attached hydrogen (secondary N) is 1. The second-order valence-corrected chi connectivity index (χ2v) is 4.68. The first-order chi connectivity index (χ1) is 7.15. The molecule has 2 heterocycles. The summed E-state index contributed by atoms with van der Waals surface area (Å²) in [5.74, 6) is -0.329. The van der Waals surface area contributed by atoms with Crippen LogP contribution in [0.1, 0.15) is 4.88 Å². The highest BCUT2D eigenvalue weighted by Crippen LogP contribution is 2.18. The lowest BCUT2D eigenvalue weighted by Crippen LogP contribution is -2.24. The lowest BCUT2D eigenvalue weighted by Gasteiger charge is -2.02.